The van der Waals surface area contributed by atoms with Crippen LogP contribution >= 0.6 is 0 Å². The molecule has 1 atom stereocenters. The van der Waals surface area contributed by atoms with Crippen LogP contribution in [-0.2, 0) is 22.9 Å². The molecule has 29 heavy (non-hydrogen) atoms. The molecule has 3 aromatic carbocycles. The summed E-state index contributed by atoms with van der Waals surface area (Å²) in [5, 5.41) is 2.57. The van der Waals surface area contributed by atoms with Gasteiger partial charge in [0, 0.05) is 6.42 Å². The highest BCUT2D eigenvalue weighted by Crippen LogP contribution is 2.38. The van der Waals surface area contributed by atoms with Crippen molar-refractivity contribution in [3.63, 3.8) is 0 Å². The maximum Gasteiger partial charge on any atom is 0.416 e. The van der Waals surface area contributed by atoms with Gasteiger partial charge in [0.2, 0.25) is 6.41 Å². The van der Waals surface area contributed by atoms with Gasteiger partial charge in [0.05, 0.1) is 11.1 Å². The van der Waals surface area contributed by atoms with E-state index in [2.05, 4.69) is 5.32 Å². The third-order valence-corrected chi connectivity index (χ3v) is 4.67. The summed E-state index contributed by atoms with van der Waals surface area (Å²) in [6, 6.07) is 15.8. The maximum absolute atomic E-state index is 14.2. The average Bonchev–Trinajstić information content (AvgIpc) is 2.68. The Morgan fingerprint density at radius 1 is 0.759 bits per heavy atom. The number of alkyl halides is 3. The SMILES string of the molecule is O=CN[C@@](Cc1ccccc1)(c1ccc(F)cc1)c1cc(F)cc(C(F)(F)F)c1. The Morgan fingerprint density at radius 2 is 1.38 bits per heavy atom. The molecule has 1 amide bonds. The Morgan fingerprint density at radius 3 is 1.97 bits per heavy atom. The number of halogens is 5. The number of hydrogen-bond donors (Lipinski definition) is 1. The third kappa shape index (κ3) is 4.45. The van der Waals surface area contributed by atoms with Gasteiger partial charge in [-0.2, -0.15) is 13.2 Å². The lowest BCUT2D eigenvalue weighted by molar-refractivity contribution is -0.137. The minimum atomic E-state index is -4.78. The van der Waals surface area contributed by atoms with E-state index in [4.69, 9.17) is 0 Å². The van der Waals surface area contributed by atoms with E-state index in [1.165, 1.54) is 12.1 Å². The summed E-state index contributed by atoms with van der Waals surface area (Å²) in [6.07, 6.45) is -4.41. The number of hydrogen-bond acceptors (Lipinski definition) is 1. The number of rotatable bonds is 6. The Bertz CT molecular complexity index is 986. The van der Waals surface area contributed by atoms with Crippen LogP contribution in [0.1, 0.15) is 22.3 Å². The zero-order valence-corrected chi connectivity index (χ0v) is 15.0. The lowest BCUT2D eigenvalue weighted by Crippen LogP contribution is -2.45. The Kier molecular flexibility index (Phi) is 5.68. The van der Waals surface area contributed by atoms with Gasteiger partial charge in [-0.1, -0.05) is 42.5 Å². The van der Waals surface area contributed by atoms with Gasteiger partial charge in [-0.25, -0.2) is 8.78 Å². The van der Waals surface area contributed by atoms with Crippen molar-refractivity contribution >= 4 is 6.41 Å². The summed E-state index contributed by atoms with van der Waals surface area (Å²) in [5.74, 6) is -1.65. The van der Waals surface area contributed by atoms with Crippen LogP contribution in [0.25, 0.3) is 0 Å². The molecule has 0 saturated heterocycles. The summed E-state index contributed by atoms with van der Waals surface area (Å²) in [4.78, 5) is 11.5. The van der Waals surface area contributed by atoms with Gasteiger partial charge in [-0.05, 0) is 47.0 Å². The van der Waals surface area contributed by atoms with E-state index in [0.29, 0.717) is 23.6 Å². The quantitative estimate of drug-likeness (QED) is 0.442. The van der Waals surface area contributed by atoms with Crippen LogP contribution in [-0.4, -0.2) is 6.41 Å². The van der Waals surface area contributed by atoms with Gasteiger partial charge in [-0.15, -0.1) is 0 Å². The lowest BCUT2D eigenvalue weighted by atomic mass is 9.77. The molecule has 7 heteroatoms. The Hall–Kier alpha value is -3.22. The van der Waals surface area contributed by atoms with Crippen molar-refractivity contribution in [1.29, 1.82) is 0 Å². The molecule has 0 saturated carbocycles. The second-order valence-corrected chi connectivity index (χ2v) is 6.56. The molecule has 0 radical (unpaired) electrons. The number of carbonyl (C=O) groups excluding carboxylic acids is 1. The number of carbonyl (C=O) groups is 1. The predicted octanol–water partition coefficient (Wildman–Crippen LogP) is 5.22. The molecule has 0 bridgehead atoms. The van der Waals surface area contributed by atoms with Crippen molar-refractivity contribution in [2.45, 2.75) is 18.1 Å². The van der Waals surface area contributed by atoms with Crippen LogP contribution < -0.4 is 5.32 Å². The largest absolute Gasteiger partial charge is 0.416 e. The van der Waals surface area contributed by atoms with Gasteiger partial charge in [0.15, 0.2) is 0 Å². The molecule has 0 spiro atoms. The van der Waals surface area contributed by atoms with Crippen LogP contribution in [0, 0.1) is 11.6 Å². The van der Waals surface area contributed by atoms with E-state index < -0.39 is 28.9 Å². The predicted molar refractivity (Wildman–Crippen MR) is 97.9 cm³/mol. The van der Waals surface area contributed by atoms with Crippen LogP contribution in [0.3, 0.4) is 0 Å². The van der Waals surface area contributed by atoms with Gasteiger partial charge in [0.1, 0.15) is 11.6 Å². The van der Waals surface area contributed by atoms with Crippen molar-refractivity contribution in [3.05, 3.63) is 107 Å². The topological polar surface area (TPSA) is 29.1 Å². The highest BCUT2D eigenvalue weighted by Gasteiger charge is 2.38. The number of nitrogens with one attached hydrogen (secondary N) is 1. The van der Waals surface area contributed by atoms with Gasteiger partial charge in [0.25, 0.3) is 0 Å². The minimum Gasteiger partial charge on any atom is -0.345 e. The molecule has 150 valence electrons. The van der Waals surface area contributed by atoms with E-state index in [-0.39, 0.29) is 12.0 Å². The van der Waals surface area contributed by atoms with E-state index in [0.717, 1.165) is 24.3 Å². The molecular weight excluding hydrogens is 389 g/mol. The van der Waals surface area contributed by atoms with Crippen molar-refractivity contribution in [2.75, 3.05) is 0 Å². The molecule has 0 fully saturated rings. The van der Waals surface area contributed by atoms with E-state index in [1.54, 1.807) is 30.3 Å². The zero-order valence-electron chi connectivity index (χ0n) is 15.0. The van der Waals surface area contributed by atoms with Gasteiger partial charge >= 0.3 is 6.18 Å². The van der Waals surface area contributed by atoms with E-state index >= 15 is 0 Å². The summed E-state index contributed by atoms with van der Waals surface area (Å²) in [5.41, 5.74) is -1.83. The highest BCUT2D eigenvalue weighted by atomic mass is 19.4. The molecule has 0 aliphatic carbocycles. The van der Waals surface area contributed by atoms with Crippen LogP contribution in [0.4, 0.5) is 22.0 Å². The first-order valence-electron chi connectivity index (χ1n) is 8.64. The van der Waals surface area contributed by atoms with E-state index in [1.807, 2.05) is 0 Å². The Labute approximate surface area is 164 Å². The molecule has 3 aromatic rings. The second-order valence-electron chi connectivity index (χ2n) is 6.56. The lowest BCUT2D eigenvalue weighted by Gasteiger charge is -2.35. The summed E-state index contributed by atoms with van der Waals surface area (Å²) in [6.45, 7) is 0. The monoisotopic (exact) mass is 405 g/mol. The van der Waals surface area contributed by atoms with Crippen molar-refractivity contribution in [1.82, 2.24) is 5.32 Å². The average molecular weight is 405 g/mol. The smallest absolute Gasteiger partial charge is 0.345 e. The highest BCUT2D eigenvalue weighted by molar-refractivity contribution is 5.55. The van der Waals surface area contributed by atoms with Gasteiger partial charge in [-0.3, -0.25) is 4.79 Å². The normalized spacial score (nSPS) is 13.6. The summed E-state index contributed by atoms with van der Waals surface area (Å²) < 4.78 is 67.5. The van der Waals surface area contributed by atoms with Gasteiger partial charge < -0.3 is 5.32 Å². The molecule has 1 N–H and O–H groups in total. The maximum atomic E-state index is 14.2. The minimum absolute atomic E-state index is 0.0267. The first kappa shape index (κ1) is 20.5. The molecule has 0 unspecified atom stereocenters. The van der Waals surface area contributed by atoms with Crippen molar-refractivity contribution in [3.8, 4) is 0 Å². The van der Waals surface area contributed by atoms with E-state index in [9.17, 15) is 26.7 Å². The summed E-state index contributed by atoms with van der Waals surface area (Å²) in [7, 11) is 0. The van der Waals surface area contributed by atoms with Crippen molar-refractivity contribution in [2.24, 2.45) is 0 Å². The molecule has 0 aliphatic rings. The number of benzene rings is 3. The fraction of sp³-hybridized carbons (Fsp3) is 0.136. The fourth-order valence-electron chi connectivity index (χ4n) is 3.33. The molecule has 0 heterocycles. The zero-order chi connectivity index (χ0) is 21.1. The van der Waals surface area contributed by atoms with Crippen LogP contribution in [0.5, 0.6) is 0 Å². The molecular formula is C22H16F5NO. The van der Waals surface area contributed by atoms with Crippen LogP contribution in [0.15, 0.2) is 72.8 Å². The number of amides is 1. The molecule has 2 nitrogen and oxygen atoms in total. The second kappa shape index (κ2) is 8.03. The molecule has 0 aliphatic heterocycles. The molecule has 3 rings (SSSR count). The molecule has 0 aromatic heterocycles. The fourth-order valence-corrected chi connectivity index (χ4v) is 3.33. The first-order valence-corrected chi connectivity index (χ1v) is 8.64. The third-order valence-electron chi connectivity index (χ3n) is 4.67. The Balaban J connectivity index is 2.27. The van der Waals surface area contributed by atoms with Crippen molar-refractivity contribution < 1.29 is 26.7 Å². The standard InChI is InChI=1S/C22H16F5NO/c23-19-8-6-16(7-9-19)21(28-14-29,13-15-4-2-1-3-5-15)17-10-18(22(25,26)27)12-20(24)11-17/h1-12,14H,13H2,(H,28,29)/t21-/m0/s1. The first-order chi connectivity index (χ1) is 13.7. The summed E-state index contributed by atoms with van der Waals surface area (Å²) >= 11 is 0. The van der Waals surface area contributed by atoms with Crippen LogP contribution in [0.2, 0.25) is 0 Å².